The number of sulfonamides is 1. The minimum atomic E-state index is -3.54. The van der Waals surface area contributed by atoms with Crippen molar-refractivity contribution in [2.45, 2.75) is 70.2 Å². The first-order chi connectivity index (χ1) is 13.1. The lowest BCUT2D eigenvalue weighted by Crippen LogP contribution is -2.52. The summed E-state index contributed by atoms with van der Waals surface area (Å²) in [5.74, 6) is 0.483. The fourth-order valence-electron chi connectivity index (χ4n) is 5.93. The van der Waals surface area contributed by atoms with Crippen molar-refractivity contribution in [2.24, 2.45) is 16.7 Å². The van der Waals surface area contributed by atoms with Gasteiger partial charge in [0.2, 0.25) is 10.0 Å². The maximum atomic E-state index is 13.0. The summed E-state index contributed by atoms with van der Waals surface area (Å²) in [6.07, 6.45) is 6.42. The van der Waals surface area contributed by atoms with Crippen molar-refractivity contribution in [2.75, 3.05) is 13.1 Å². The van der Waals surface area contributed by atoms with Gasteiger partial charge in [-0.1, -0.05) is 33.3 Å². The van der Waals surface area contributed by atoms with Gasteiger partial charge in [0.1, 0.15) is 0 Å². The average molecular weight is 405 g/mol. The van der Waals surface area contributed by atoms with E-state index in [1.54, 1.807) is 28.6 Å². The molecule has 3 aliphatic rings. The maximum absolute atomic E-state index is 13.0. The molecule has 6 heteroatoms. The average Bonchev–Trinajstić information content (AvgIpc) is 3.17. The van der Waals surface area contributed by atoms with Crippen LogP contribution < -0.4 is 5.32 Å². The number of nitrogens with one attached hydrogen (secondary N) is 1. The monoisotopic (exact) mass is 404 g/mol. The Morgan fingerprint density at radius 1 is 1.14 bits per heavy atom. The number of piperidine rings is 1. The molecule has 5 nitrogen and oxygen atoms in total. The molecule has 1 aromatic rings. The Morgan fingerprint density at radius 3 is 2.50 bits per heavy atom. The van der Waals surface area contributed by atoms with Crippen molar-refractivity contribution >= 4 is 15.9 Å². The van der Waals surface area contributed by atoms with Crippen LogP contribution in [0, 0.1) is 16.7 Å². The molecule has 28 heavy (non-hydrogen) atoms. The van der Waals surface area contributed by atoms with Gasteiger partial charge in [0.25, 0.3) is 5.91 Å². The third kappa shape index (κ3) is 3.18. The van der Waals surface area contributed by atoms with Crippen LogP contribution in [-0.4, -0.2) is 37.8 Å². The Hall–Kier alpha value is -1.40. The van der Waals surface area contributed by atoms with E-state index < -0.39 is 10.0 Å². The molecule has 1 aliphatic heterocycles. The van der Waals surface area contributed by atoms with Crippen LogP contribution in [0.5, 0.6) is 0 Å². The number of hydrogen-bond donors (Lipinski definition) is 1. The highest BCUT2D eigenvalue weighted by molar-refractivity contribution is 7.89. The van der Waals surface area contributed by atoms with Crippen LogP contribution >= 0.6 is 0 Å². The first kappa shape index (κ1) is 19.9. The van der Waals surface area contributed by atoms with Gasteiger partial charge in [-0.2, -0.15) is 4.31 Å². The van der Waals surface area contributed by atoms with Gasteiger partial charge in [0, 0.05) is 24.7 Å². The van der Waals surface area contributed by atoms with Crippen molar-refractivity contribution in [3.8, 4) is 0 Å². The molecule has 2 bridgehead atoms. The number of carbonyl (C=O) groups is 1. The zero-order valence-corrected chi connectivity index (χ0v) is 18.0. The Bertz CT molecular complexity index is 869. The van der Waals surface area contributed by atoms with Gasteiger partial charge < -0.3 is 5.32 Å². The van der Waals surface area contributed by atoms with Gasteiger partial charge in [-0.15, -0.1) is 0 Å². The van der Waals surface area contributed by atoms with Gasteiger partial charge >= 0.3 is 0 Å². The van der Waals surface area contributed by atoms with E-state index in [-0.39, 0.29) is 27.7 Å². The smallest absolute Gasteiger partial charge is 0.251 e. The maximum Gasteiger partial charge on any atom is 0.251 e. The van der Waals surface area contributed by atoms with Gasteiger partial charge in [0.15, 0.2) is 0 Å². The van der Waals surface area contributed by atoms with Crippen LogP contribution in [0.2, 0.25) is 0 Å². The lowest BCUT2D eigenvalue weighted by molar-refractivity contribution is 0.0737. The summed E-state index contributed by atoms with van der Waals surface area (Å²) in [5, 5.41) is 3.27. The molecule has 0 radical (unpaired) electrons. The van der Waals surface area contributed by atoms with E-state index in [9.17, 15) is 13.2 Å². The molecule has 2 aliphatic carbocycles. The normalized spacial score (nSPS) is 32.4. The Labute approximate surface area is 168 Å². The molecule has 0 unspecified atom stereocenters. The summed E-state index contributed by atoms with van der Waals surface area (Å²) < 4.78 is 27.5. The fourth-order valence-corrected chi connectivity index (χ4v) is 7.49. The Balaban J connectivity index is 1.55. The molecule has 0 spiro atoms. The highest BCUT2D eigenvalue weighted by Gasteiger charge is 2.59. The molecular weight excluding hydrogens is 372 g/mol. The predicted molar refractivity (Wildman–Crippen MR) is 110 cm³/mol. The predicted octanol–water partition coefficient (Wildman–Crippen LogP) is 3.81. The largest absolute Gasteiger partial charge is 0.348 e. The molecule has 3 atom stereocenters. The van der Waals surface area contributed by atoms with Gasteiger partial charge in [-0.25, -0.2) is 8.42 Å². The van der Waals surface area contributed by atoms with Gasteiger partial charge in [-0.3, -0.25) is 4.79 Å². The molecule has 2 saturated carbocycles. The van der Waals surface area contributed by atoms with Crippen molar-refractivity contribution in [1.82, 2.24) is 9.62 Å². The number of hydrogen-bond acceptors (Lipinski definition) is 3. The number of fused-ring (bicyclic) bond motifs is 2. The molecule has 3 fully saturated rings. The third-order valence-electron chi connectivity index (χ3n) is 7.59. The molecule has 1 N–H and O–H groups in total. The van der Waals surface area contributed by atoms with Crippen molar-refractivity contribution < 1.29 is 13.2 Å². The molecule has 4 rings (SSSR count). The molecule has 1 aromatic carbocycles. The highest BCUT2D eigenvalue weighted by atomic mass is 32.2. The summed E-state index contributed by atoms with van der Waals surface area (Å²) in [6.45, 7) is 7.92. The molecular formula is C22H32N2O3S. The minimum Gasteiger partial charge on any atom is -0.348 e. The van der Waals surface area contributed by atoms with Crippen LogP contribution in [0.1, 0.15) is 69.7 Å². The Morgan fingerprint density at radius 2 is 1.86 bits per heavy atom. The molecule has 0 aromatic heterocycles. The summed E-state index contributed by atoms with van der Waals surface area (Å²) in [6, 6.07) is 6.66. The lowest BCUT2D eigenvalue weighted by atomic mass is 9.68. The number of carbonyl (C=O) groups excluding carboxylic acids is 1. The summed E-state index contributed by atoms with van der Waals surface area (Å²) in [5.41, 5.74) is 0.641. The number of amides is 1. The zero-order valence-electron chi connectivity index (χ0n) is 17.2. The first-order valence-electron chi connectivity index (χ1n) is 10.6. The standard InChI is InChI=1S/C22H32N2O3S/c1-21(2)17-10-11-22(3,15-17)20(21)23-19(25)16-8-7-9-18(14-16)28(26,27)24-12-5-4-6-13-24/h7-9,14,17,20H,4-6,10-13,15H2,1-3H3,(H,23,25)/t17-,20+,22-/m0/s1. The highest BCUT2D eigenvalue weighted by Crippen LogP contribution is 2.62. The first-order valence-corrected chi connectivity index (χ1v) is 12.0. The van der Waals surface area contributed by atoms with Crippen LogP contribution in [-0.2, 0) is 10.0 Å². The second kappa shape index (κ2) is 6.84. The van der Waals surface area contributed by atoms with E-state index in [0.29, 0.717) is 24.6 Å². The van der Waals surface area contributed by atoms with Crippen molar-refractivity contribution in [3.05, 3.63) is 29.8 Å². The quantitative estimate of drug-likeness (QED) is 0.830. The molecule has 154 valence electrons. The second-order valence-electron chi connectivity index (χ2n) is 9.81. The molecule has 1 saturated heterocycles. The van der Waals surface area contributed by atoms with E-state index in [1.807, 2.05) is 0 Å². The summed E-state index contributed by atoms with van der Waals surface area (Å²) in [7, 11) is -3.54. The van der Waals surface area contributed by atoms with Gasteiger partial charge in [-0.05, 0) is 67.1 Å². The molecule has 1 amide bonds. The van der Waals surface area contributed by atoms with Crippen LogP contribution in [0.4, 0.5) is 0 Å². The van der Waals surface area contributed by atoms with Crippen LogP contribution in [0.3, 0.4) is 0 Å². The third-order valence-corrected chi connectivity index (χ3v) is 9.49. The van der Waals surface area contributed by atoms with E-state index >= 15 is 0 Å². The van der Waals surface area contributed by atoms with E-state index in [0.717, 1.165) is 32.1 Å². The summed E-state index contributed by atoms with van der Waals surface area (Å²) in [4.78, 5) is 13.3. The van der Waals surface area contributed by atoms with Crippen molar-refractivity contribution in [1.29, 1.82) is 0 Å². The van der Waals surface area contributed by atoms with Crippen molar-refractivity contribution in [3.63, 3.8) is 0 Å². The molecule has 1 heterocycles. The number of rotatable bonds is 4. The fraction of sp³-hybridized carbons (Fsp3) is 0.682. The Kier molecular flexibility index (Phi) is 4.86. The van der Waals surface area contributed by atoms with E-state index in [4.69, 9.17) is 0 Å². The zero-order chi connectivity index (χ0) is 20.2. The number of benzene rings is 1. The van der Waals surface area contributed by atoms with Crippen LogP contribution in [0.15, 0.2) is 29.2 Å². The van der Waals surface area contributed by atoms with E-state index in [2.05, 4.69) is 26.1 Å². The van der Waals surface area contributed by atoms with Gasteiger partial charge in [0.05, 0.1) is 4.90 Å². The minimum absolute atomic E-state index is 0.0696. The van der Waals surface area contributed by atoms with E-state index in [1.165, 1.54) is 6.42 Å². The van der Waals surface area contributed by atoms with Crippen LogP contribution in [0.25, 0.3) is 0 Å². The second-order valence-corrected chi connectivity index (χ2v) is 11.8. The SMILES string of the molecule is CC1(C)[C@H]2CC[C@@](C)(C2)[C@@H]1NC(=O)c1cccc(S(=O)(=O)N2CCCCC2)c1. The topological polar surface area (TPSA) is 66.5 Å². The summed E-state index contributed by atoms with van der Waals surface area (Å²) >= 11 is 0. The number of nitrogens with zero attached hydrogens (tertiary/aromatic N) is 1. The lowest BCUT2D eigenvalue weighted by Gasteiger charge is -2.43.